The van der Waals surface area contributed by atoms with Crippen molar-refractivity contribution in [3.63, 3.8) is 0 Å². The molecule has 3 fully saturated rings. The Kier molecular flexibility index (Phi) is 7.23. The maximum Gasteiger partial charge on any atom is 0.251 e. The minimum atomic E-state index is -0.0459. The number of nitrogens with one attached hydrogen (secondary N) is 1. The molecule has 2 heterocycles. The number of amides is 2. The summed E-state index contributed by atoms with van der Waals surface area (Å²) in [4.78, 5) is 28.8. The Morgan fingerprint density at radius 2 is 1.70 bits per heavy atom. The highest BCUT2D eigenvalue weighted by atomic mass is 16.5. The van der Waals surface area contributed by atoms with Crippen molar-refractivity contribution in [3.05, 3.63) is 29.8 Å². The molecule has 4 rings (SSSR count). The second-order valence-corrected chi connectivity index (χ2v) is 8.50. The topological polar surface area (TPSA) is 71.1 Å². The van der Waals surface area contributed by atoms with E-state index in [2.05, 4.69) is 10.2 Å². The number of carbonyl (C=O) groups is 2. The van der Waals surface area contributed by atoms with Crippen molar-refractivity contribution in [1.82, 2.24) is 15.1 Å². The minimum absolute atomic E-state index is 0.0459. The molecule has 0 bridgehead atoms. The summed E-state index contributed by atoms with van der Waals surface area (Å²) in [6, 6.07) is 7.37. The van der Waals surface area contributed by atoms with E-state index in [0.717, 1.165) is 83.8 Å². The molecule has 1 aromatic carbocycles. The van der Waals surface area contributed by atoms with Gasteiger partial charge >= 0.3 is 0 Å². The van der Waals surface area contributed by atoms with Gasteiger partial charge in [0.05, 0.1) is 13.2 Å². The zero-order valence-electron chi connectivity index (χ0n) is 17.7. The van der Waals surface area contributed by atoms with Crippen molar-refractivity contribution in [2.24, 2.45) is 5.92 Å². The van der Waals surface area contributed by atoms with Crippen molar-refractivity contribution in [1.29, 1.82) is 0 Å². The number of carbonyl (C=O) groups excluding carboxylic acids is 2. The first-order valence-corrected chi connectivity index (χ1v) is 11.3. The van der Waals surface area contributed by atoms with Crippen LogP contribution in [0.4, 0.5) is 0 Å². The molecule has 30 heavy (non-hydrogen) atoms. The van der Waals surface area contributed by atoms with Crippen molar-refractivity contribution in [2.45, 2.75) is 38.2 Å². The zero-order chi connectivity index (χ0) is 20.8. The Hall–Kier alpha value is -2.12. The molecule has 2 saturated heterocycles. The predicted molar refractivity (Wildman–Crippen MR) is 114 cm³/mol. The number of benzene rings is 1. The second kappa shape index (κ2) is 10.3. The van der Waals surface area contributed by atoms with Crippen LogP contribution in [0.2, 0.25) is 0 Å². The normalized spacial score (nSPS) is 20.7. The maximum absolute atomic E-state index is 12.3. The molecule has 1 saturated carbocycles. The third-order valence-electron chi connectivity index (χ3n) is 6.14. The number of morpholine rings is 1. The average Bonchev–Trinajstić information content (AvgIpc) is 3.63. The van der Waals surface area contributed by atoms with Crippen LogP contribution in [0.15, 0.2) is 24.3 Å². The van der Waals surface area contributed by atoms with E-state index >= 15 is 0 Å². The van der Waals surface area contributed by atoms with Crippen LogP contribution in [0.1, 0.15) is 42.5 Å². The van der Waals surface area contributed by atoms with Gasteiger partial charge in [0.25, 0.3) is 5.91 Å². The highest BCUT2D eigenvalue weighted by Crippen LogP contribution is 2.32. The molecule has 1 aromatic rings. The third-order valence-corrected chi connectivity index (χ3v) is 6.14. The Morgan fingerprint density at radius 3 is 2.37 bits per heavy atom. The Bertz CT molecular complexity index is 706. The standard InChI is InChI=1S/C23H33N3O4/c27-22(24-10-1-11-25-14-16-29-17-15-25)18-4-6-20(7-5-18)30-21-8-12-26(13-9-21)23(28)19-2-3-19/h4-7,19,21H,1-3,8-17H2,(H,24,27). The molecule has 1 N–H and O–H groups in total. The molecule has 0 aromatic heterocycles. The fourth-order valence-corrected chi connectivity index (χ4v) is 4.09. The van der Waals surface area contributed by atoms with E-state index in [9.17, 15) is 9.59 Å². The quantitative estimate of drug-likeness (QED) is 0.657. The van der Waals surface area contributed by atoms with Gasteiger partial charge in [0, 0.05) is 57.0 Å². The lowest BCUT2D eigenvalue weighted by Crippen LogP contribution is -2.42. The van der Waals surface area contributed by atoms with E-state index in [1.165, 1.54) is 0 Å². The summed E-state index contributed by atoms with van der Waals surface area (Å²) >= 11 is 0. The first-order valence-electron chi connectivity index (χ1n) is 11.3. The lowest BCUT2D eigenvalue weighted by atomic mass is 10.1. The van der Waals surface area contributed by atoms with Gasteiger partial charge in [-0.15, -0.1) is 0 Å². The number of likely N-dealkylation sites (tertiary alicyclic amines) is 1. The van der Waals surface area contributed by atoms with Gasteiger partial charge in [-0.05, 0) is 50.1 Å². The predicted octanol–water partition coefficient (Wildman–Crippen LogP) is 1.92. The van der Waals surface area contributed by atoms with Crippen LogP contribution in [-0.4, -0.2) is 80.2 Å². The SMILES string of the molecule is O=C(NCCCN1CCOCC1)c1ccc(OC2CCN(C(=O)C3CC3)CC2)cc1. The van der Waals surface area contributed by atoms with Gasteiger partial charge < -0.3 is 19.7 Å². The van der Waals surface area contributed by atoms with Gasteiger partial charge in [0.1, 0.15) is 11.9 Å². The lowest BCUT2D eigenvalue weighted by Gasteiger charge is -2.32. The van der Waals surface area contributed by atoms with Gasteiger partial charge in [-0.2, -0.15) is 0 Å². The van der Waals surface area contributed by atoms with Crippen LogP contribution in [-0.2, 0) is 9.53 Å². The van der Waals surface area contributed by atoms with Crippen LogP contribution < -0.4 is 10.1 Å². The van der Waals surface area contributed by atoms with E-state index in [1.807, 2.05) is 29.2 Å². The highest BCUT2D eigenvalue weighted by Gasteiger charge is 2.35. The van der Waals surface area contributed by atoms with Gasteiger partial charge in [-0.1, -0.05) is 0 Å². The van der Waals surface area contributed by atoms with E-state index in [4.69, 9.17) is 9.47 Å². The van der Waals surface area contributed by atoms with Crippen LogP contribution in [0.25, 0.3) is 0 Å². The molecule has 7 heteroatoms. The molecular formula is C23H33N3O4. The Labute approximate surface area is 178 Å². The summed E-state index contributed by atoms with van der Waals surface area (Å²) < 4.78 is 11.4. The molecule has 164 valence electrons. The first kappa shape index (κ1) is 21.1. The summed E-state index contributed by atoms with van der Waals surface area (Å²) in [6.07, 6.45) is 4.92. The number of nitrogens with zero attached hydrogens (tertiary/aromatic N) is 2. The molecule has 3 aliphatic rings. The van der Waals surface area contributed by atoms with Crippen LogP contribution in [0, 0.1) is 5.92 Å². The molecule has 0 atom stereocenters. The largest absolute Gasteiger partial charge is 0.490 e. The summed E-state index contributed by atoms with van der Waals surface area (Å²) in [7, 11) is 0. The first-order chi connectivity index (χ1) is 14.7. The fraction of sp³-hybridized carbons (Fsp3) is 0.652. The van der Waals surface area contributed by atoms with Gasteiger partial charge in [-0.3, -0.25) is 14.5 Å². The highest BCUT2D eigenvalue weighted by molar-refractivity contribution is 5.94. The molecule has 2 amide bonds. The third kappa shape index (κ3) is 5.95. The fourth-order valence-electron chi connectivity index (χ4n) is 4.09. The Morgan fingerprint density at radius 1 is 1.00 bits per heavy atom. The van der Waals surface area contributed by atoms with Gasteiger partial charge in [-0.25, -0.2) is 0 Å². The number of rotatable bonds is 8. The van der Waals surface area contributed by atoms with Crippen LogP contribution in [0.3, 0.4) is 0 Å². The zero-order valence-corrected chi connectivity index (χ0v) is 17.7. The number of hydrogen-bond acceptors (Lipinski definition) is 5. The summed E-state index contributed by atoms with van der Waals surface area (Å²) in [5, 5.41) is 2.99. The Balaban J connectivity index is 1.14. The van der Waals surface area contributed by atoms with Crippen molar-refractivity contribution >= 4 is 11.8 Å². The van der Waals surface area contributed by atoms with Gasteiger partial charge in [0.2, 0.25) is 5.91 Å². The summed E-state index contributed by atoms with van der Waals surface area (Å²) in [5.74, 6) is 1.36. The van der Waals surface area contributed by atoms with Crippen molar-refractivity contribution < 1.29 is 19.1 Å². The number of piperidine rings is 1. The van der Waals surface area contributed by atoms with E-state index in [-0.39, 0.29) is 12.0 Å². The molecule has 2 aliphatic heterocycles. The maximum atomic E-state index is 12.3. The molecule has 1 aliphatic carbocycles. The summed E-state index contributed by atoms with van der Waals surface area (Å²) in [6.45, 7) is 6.79. The number of ether oxygens (including phenoxy) is 2. The lowest BCUT2D eigenvalue weighted by molar-refractivity contribution is -0.134. The second-order valence-electron chi connectivity index (χ2n) is 8.50. The molecule has 0 radical (unpaired) electrons. The van der Waals surface area contributed by atoms with Crippen molar-refractivity contribution in [3.8, 4) is 5.75 Å². The van der Waals surface area contributed by atoms with Gasteiger partial charge in [0.15, 0.2) is 0 Å². The molecule has 0 spiro atoms. The van der Waals surface area contributed by atoms with Crippen LogP contribution in [0.5, 0.6) is 5.75 Å². The minimum Gasteiger partial charge on any atom is -0.490 e. The molecule has 7 nitrogen and oxygen atoms in total. The summed E-state index contributed by atoms with van der Waals surface area (Å²) in [5.41, 5.74) is 0.651. The van der Waals surface area contributed by atoms with Crippen LogP contribution >= 0.6 is 0 Å². The molecular weight excluding hydrogens is 382 g/mol. The average molecular weight is 416 g/mol. The van der Waals surface area contributed by atoms with E-state index in [1.54, 1.807) is 0 Å². The van der Waals surface area contributed by atoms with E-state index in [0.29, 0.717) is 23.9 Å². The monoisotopic (exact) mass is 415 g/mol. The van der Waals surface area contributed by atoms with Crippen molar-refractivity contribution in [2.75, 3.05) is 52.5 Å². The van der Waals surface area contributed by atoms with E-state index < -0.39 is 0 Å². The number of hydrogen-bond donors (Lipinski definition) is 1. The smallest absolute Gasteiger partial charge is 0.251 e. The molecule has 0 unspecified atom stereocenters.